The molecule has 0 bridgehead atoms. The van der Waals surface area contributed by atoms with E-state index in [1.54, 1.807) is 18.2 Å². The SMILES string of the molecule is CC1CCN(CCCCNC(=O)[C@@H]2C[C@H]3CCCC[C@@H]3N2C(=O)c2cccc(Cl)c2)CC1. The first-order chi connectivity index (χ1) is 15.5. The molecular formula is C26H38ClN3O2. The van der Waals surface area contributed by atoms with Crippen LogP contribution in [0.4, 0.5) is 0 Å². The normalized spacial score (nSPS) is 26.7. The van der Waals surface area contributed by atoms with Crippen LogP contribution in [0.15, 0.2) is 24.3 Å². The van der Waals surface area contributed by atoms with E-state index < -0.39 is 0 Å². The Kier molecular flexibility index (Phi) is 8.12. The Bertz CT molecular complexity index is 793. The number of benzene rings is 1. The van der Waals surface area contributed by atoms with Gasteiger partial charge in [-0.2, -0.15) is 0 Å². The second-order valence-corrected chi connectivity index (χ2v) is 10.5. The summed E-state index contributed by atoms with van der Waals surface area (Å²) in [6.45, 7) is 6.56. The Morgan fingerprint density at radius 2 is 1.88 bits per heavy atom. The molecule has 0 aromatic heterocycles. The van der Waals surface area contributed by atoms with Crippen LogP contribution in [-0.4, -0.2) is 59.9 Å². The van der Waals surface area contributed by atoms with Gasteiger partial charge in [0.25, 0.3) is 5.91 Å². The van der Waals surface area contributed by atoms with Gasteiger partial charge < -0.3 is 15.1 Å². The molecule has 1 N–H and O–H groups in total. The highest BCUT2D eigenvalue weighted by Gasteiger charge is 2.47. The minimum Gasteiger partial charge on any atom is -0.354 e. The summed E-state index contributed by atoms with van der Waals surface area (Å²) in [5.74, 6) is 1.25. The van der Waals surface area contributed by atoms with Crippen molar-refractivity contribution in [3.63, 3.8) is 0 Å². The Morgan fingerprint density at radius 3 is 2.66 bits per heavy atom. The molecule has 0 spiro atoms. The first kappa shape index (κ1) is 23.6. The number of halogens is 1. The van der Waals surface area contributed by atoms with Gasteiger partial charge in [-0.15, -0.1) is 0 Å². The Morgan fingerprint density at radius 1 is 1.09 bits per heavy atom. The molecule has 3 atom stereocenters. The van der Waals surface area contributed by atoms with Gasteiger partial charge in [-0.05, 0) is 94.6 Å². The first-order valence-corrected chi connectivity index (χ1v) is 13.0. The highest BCUT2D eigenvalue weighted by molar-refractivity contribution is 6.31. The number of amides is 2. The molecule has 1 aromatic carbocycles. The number of likely N-dealkylation sites (tertiary alicyclic amines) is 2. The minimum atomic E-state index is -0.363. The lowest BCUT2D eigenvalue weighted by atomic mass is 9.84. The average molecular weight is 460 g/mol. The maximum absolute atomic E-state index is 13.4. The van der Waals surface area contributed by atoms with Crippen LogP contribution in [0.2, 0.25) is 5.02 Å². The Balaban J connectivity index is 1.31. The van der Waals surface area contributed by atoms with Crippen LogP contribution >= 0.6 is 11.6 Å². The van der Waals surface area contributed by atoms with E-state index in [-0.39, 0.29) is 23.9 Å². The molecule has 4 rings (SSSR count). The molecule has 3 aliphatic rings. The van der Waals surface area contributed by atoms with E-state index in [4.69, 9.17) is 11.6 Å². The van der Waals surface area contributed by atoms with Gasteiger partial charge >= 0.3 is 0 Å². The molecule has 2 saturated heterocycles. The van der Waals surface area contributed by atoms with Crippen molar-refractivity contribution in [2.75, 3.05) is 26.2 Å². The predicted octanol–water partition coefficient (Wildman–Crippen LogP) is 4.74. The molecule has 3 fully saturated rings. The predicted molar refractivity (Wildman–Crippen MR) is 129 cm³/mol. The fraction of sp³-hybridized carbons (Fsp3) is 0.692. The van der Waals surface area contributed by atoms with Crippen LogP contribution in [-0.2, 0) is 4.79 Å². The molecule has 2 heterocycles. The van der Waals surface area contributed by atoms with Gasteiger partial charge in [-0.1, -0.05) is 37.4 Å². The largest absolute Gasteiger partial charge is 0.354 e. The molecule has 0 unspecified atom stereocenters. The number of nitrogens with zero attached hydrogens (tertiary/aromatic N) is 2. The number of nitrogens with one attached hydrogen (secondary N) is 1. The number of unbranched alkanes of at least 4 members (excludes halogenated alkanes) is 1. The molecule has 2 amide bonds. The highest BCUT2D eigenvalue weighted by atomic mass is 35.5. The van der Waals surface area contributed by atoms with Crippen molar-refractivity contribution in [3.8, 4) is 0 Å². The summed E-state index contributed by atoms with van der Waals surface area (Å²) < 4.78 is 0. The van der Waals surface area contributed by atoms with Crippen molar-refractivity contribution in [1.29, 1.82) is 0 Å². The molecule has 32 heavy (non-hydrogen) atoms. The van der Waals surface area contributed by atoms with Crippen LogP contribution in [0.5, 0.6) is 0 Å². The van der Waals surface area contributed by atoms with E-state index in [1.807, 2.05) is 11.0 Å². The second-order valence-electron chi connectivity index (χ2n) is 10.1. The number of carbonyl (C=O) groups excluding carboxylic acids is 2. The third kappa shape index (κ3) is 5.66. The monoisotopic (exact) mass is 459 g/mol. The van der Waals surface area contributed by atoms with Crippen molar-refractivity contribution < 1.29 is 9.59 Å². The third-order valence-corrected chi connectivity index (χ3v) is 8.01. The van der Waals surface area contributed by atoms with E-state index in [2.05, 4.69) is 17.1 Å². The number of fused-ring (bicyclic) bond motifs is 1. The van der Waals surface area contributed by atoms with Crippen molar-refractivity contribution in [1.82, 2.24) is 15.1 Å². The van der Waals surface area contributed by atoms with Crippen molar-refractivity contribution in [2.24, 2.45) is 11.8 Å². The van der Waals surface area contributed by atoms with Crippen molar-refractivity contribution in [2.45, 2.75) is 76.8 Å². The van der Waals surface area contributed by atoms with Gasteiger partial charge in [0.15, 0.2) is 0 Å². The van der Waals surface area contributed by atoms with Crippen molar-refractivity contribution in [3.05, 3.63) is 34.9 Å². The van der Waals surface area contributed by atoms with Gasteiger partial charge in [-0.3, -0.25) is 9.59 Å². The molecule has 2 aliphatic heterocycles. The topological polar surface area (TPSA) is 52.7 Å². The number of hydrogen-bond acceptors (Lipinski definition) is 3. The summed E-state index contributed by atoms with van der Waals surface area (Å²) in [7, 11) is 0. The first-order valence-electron chi connectivity index (χ1n) is 12.6. The highest BCUT2D eigenvalue weighted by Crippen LogP contribution is 2.40. The second kappa shape index (κ2) is 11.0. The van der Waals surface area contributed by atoms with E-state index in [0.29, 0.717) is 23.0 Å². The summed E-state index contributed by atoms with van der Waals surface area (Å²) >= 11 is 6.14. The lowest BCUT2D eigenvalue weighted by molar-refractivity contribution is -0.125. The standard InChI is InChI=1S/C26H38ClN3O2/c1-19-11-15-29(16-12-19)14-5-4-13-28-25(31)24-18-20-7-2-3-10-23(20)30(24)26(32)21-8-6-9-22(27)17-21/h6,8-9,17,19-20,23-24H,2-5,7,10-16,18H2,1H3,(H,28,31)/t20-,23+,24+/m1/s1. The molecular weight excluding hydrogens is 422 g/mol. The third-order valence-electron chi connectivity index (χ3n) is 7.77. The van der Waals surface area contributed by atoms with Gasteiger partial charge in [0.05, 0.1) is 0 Å². The maximum Gasteiger partial charge on any atom is 0.254 e. The number of rotatable bonds is 7. The minimum absolute atomic E-state index is 0.0153. The van der Waals surface area contributed by atoms with Crippen LogP contribution < -0.4 is 5.32 Å². The zero-order valence-corrected chi connectivity index (χ0v) is 20.2. The smallest absolute Gasteiger partial charge is 0.254 e. The molecule has 1 aromatic rings. The van der Waals surface area contributed by atoms with E-state index in [1.165, 1.54) is 32.4 Å². The van der Waals surface area contributed by atoms with E-state index >= 15 is 0 Å². The molecule has 0 radical (unpaired) electrons. The van der Waals surface area contributed by atoms with Gasteiger partial charge in [0.2, 0.25) is 5.91 Å². The van der Waals surface area contributed by atoms with Crippen LogP contribution in [0.3, 0.4) is 0 Å². The Labute approximate surface area is 197 Å². The summed E-state index contributed by atoms with van der Waals surface area (Å²) in [5.41, 5.74) is 0.581. The average Bonchev–Trinajstić information content (AvgIpc) is 3.19. The van der Waals surface area contributed by atoms with E-state index in [0.717, 1.165) is 51.0 Å². The summed E-state index contributed by atoms with van der Waals surface area (Å²) in [5, 5.41) is 3.70. The summed E-state index contributed by atoms with van der Waals surface area (Å²) in [6.07, 6.45) is 9.92. The summed E-state index contributed by atoms with van der Waals surface area (Å²) in [4.78, 5) is 31.0. The van der Waals surface area contributed by atoms with Crippen LogP contribution in [0.1, 0.15) is 75.1 Å². The fourth-order valence-corrected chi connectivity index (χ4v) is 6.02. The number of carbonyl (C=O) groups is 2. The molecule has 176 valence electrons. The van der Waals surface area contributed by atoms with Gasteiger partial charge in [0.1, 0.15) is 6.04 Å². The fourth-order valence-electron chi connectivity index (χ4n) is 5.83. The lowest BCUT2D eigenvalue weighted by Crippen LogP contribution is -2.49. The summed E-state index contributed by atoms with van der Waals surface area (Å²) in [6, 6.07) is 6.92. The molecule has 1 aliphatic carbocycles. The van der Waals surface area contributed by atoms with E-state index in [9.17, 15) is 9.59 Å². The molecule has 5 nitrogen and oxygen atoms in total. The van der Waals surface area contributed by atoms with Gasteiger partial charge in [0, 0.05) is 23.2 Å². The number of hydrogen-bond donors (Lipinski definition) is 1. The quantitative estimate of drug-likeness (QED) is 0.599. The number of piperidine rings is 1. The zero-order valence-electron chi connectivity index (χ0n) is 19.4. The Hall–Kier alpha value is -1.59. The molecule has 6 heteroatoms. The van der Waals surface area contributed by atoms with Crippen LogP contribution in [0.25, 0.3) is 0 Å². The van der Waals surface area contributed by atoms with Gasteiger partial charge in [-0.25, -0.2) is 0 Å². The lowest BCUT2D eigenvalue weighted by Gasteiger charge is -2.33. The van der Waals surface area contributed by atoms with Crippen molar-refractivity contribution >= 4 is 23.4 Å². The van der Waals surface area contributed by atoms with Crippen LogP contribution in [0, 0.1) is 11.8 Å². The molecule has 1 saturated carbocycles. The zero-order chi connectivity index (χ0) is 22.5. The maximum atomic E-state index is 13.4.